The molecule has 0 radical (unpaired) electrons. The number of hydrogen-bond acceptors (Lipinski definition) is 3. The molecule has 1 fully saturated rings. The van der Waals surface area contributed by atoms with Crippen molar-refractivity contribution in [2.75, 3.05) is 19.6 Å². The molecule has 0 saturated carbocycles. The zero-order valence-electron chi connectivity index (χ0n) is 11.3. The van der Waals surface area contributed by atoms with Gasteiger partial charge in [-0.1, -0.05) is 12.1 Å². The van der Waals surface area contributed by atoms with Crippen LogP contribution in [0.25, 0.3) is 0 Å². The summed E-state index contributed by atoms with van der Waals surface area (Å²) in [6.07, 6.45) is -4.33. The monoisotopic (exact) mass is 344 g/mol. The van der Waals surface area contributed by atoms with Crippen LogP contribution < -0.4 is 5.32 Å². The van der Waals surface area contributed by atoms with Crippen molar-refractivity contribution in [1.29, 1.82) is 0 Å². The molecule has 1 atom stereocenters. The van der Waals surface area contributed by atoms with Crippen molar-refractivity contribution < 1.29 is 26.3 Å². The van der Waals surface area contributed by atoms with Gasteiger partial charge in [0.05, 0.1) is 0 Å². The predicted octanol–water partition coefficient (Wildman–Crippen LogP) is 3.63. The Morgan fingerprint density at radius 3 is 2.27 bits per heavy atom. The first-order valence-electron chi connectivity index (χ1n) is 6.51. The summed E-state index contributed by atoms with van der Waals surface area (Å²) in [5.74, 6) is 0. The average molecular weight is 344 g/mol. The summed E-state index contributed by atoms with van der Waals surface area (Å²) in [6, 6.07) is 3.84. The van der Waals surface area contributed by atoms with E-state index in [0.29, 0.717) is 12.1 Å². The second kappa shape index (κ2) is 6.67. The van der Waals surface area contributed by atoms with Gasteiger partial charge in [-0.05, 0) is 29.5 Å². The maximum Gasteiger partial charge on any atom is 0.446 e. The van der Waals surface area contributed by atoms with Crippen LogP contribution in [0.3, 0.4) is 0 Å². The summed E-state index contributed by atoms with van der Waals surface area (Å²) in [7, 11) is 0. The summed E-state index contributed by atoms with van der Waals surface area (Å²) in [6.45, 7) is 0.576. The molecule has 2 rings (SSSR count). The van der Waals surface area contributed by atoms with Crippen molar-refractivity contribution in [3.8, 4) is 0 Å². The minimum Gasteiger partial charge on any atom is -0.314 e. The zero-order valence-corrected chi connectivity index (χ0v) is 12.2. The van der Waals surface area contributed by atoms with E-state index in [4.69, 9.17) is 0 Å². The van der Waals surface area contributed by atoms with Crippen molar-refractivity contribution in [2.24, 2.45) is 0 Å². The average Bonchev–Trinajstić information content (AvgIpc) is 2.39. The fourth-order valence-electron chi connectivity index (χ4n) is 2.29. The van der Waals surface area contributed by atoms with Crippen molar-refractivity contribution >= 4 is 11.8 Å². The summed E-state index contributed by atoms with van der Waals surface area (Å²) in [5.41, 5.74) is -3.82. The number of halogens is 6. The van der Waals surface area contributed by atoms with E-state index in [0.717, 1.165) is 0 Å². The molecule has 2 nitrogen and oxygen atoms in total. The third-order valence-electron chi connectivity index (χ3n) is 3.27. The largest absolute Gasteiger partial charge is 0.446 e. The minimum absolute atomic E-state index is 0.0175. The Hall–Kier alpha value is -0.930. The first kappa shape index (κ1) is 17.4. The van der Waals surface area contributed by atoms with Crippen molar-refractivity contribution in [2.45, 2.75) is 29.2 Å². The molecular formula is C13H14F6N2S. The fourth-order valence-corrected chi connectivity index (χ4v) is 2.83. The van der Waals surface area contributed by atoms with E-state index in [1.807, 2.05) is 0 Å². The van der Waals surface area contributed by atoms with Crippen LogP contribution in [0.5, 0.6) is 0 Å². The topological polar surface area (TPSA) is 15.3 Å². The minimum atomic E-state index is -4.37. The molecule has 1 aliphatic heterocycles. The summed E-state index contributed by atoms with van der Waals surface area (Å²) < 4.78 is 75.5. The standard InChI is InChI=1S/C13H14F6N2S/c14-12(15,16)11-7-20-5-6-21(11)8-9-1-3-10(4-2-9)22-13(17,18)19/h1-4,11,20H,5-8H2. The summed E-state index contributed by atoms with van der Waals surface area (Å²) >= 11 is -0.243. The first-order valence-corrected chi connectivity index (χ1v) is 7.33. The number of rotatable bonds is 3. The summed E-state index contributed by atoms with van der Waals surface area (Å²) in [5, 5.41) is 2.70. The predicted molar refractivity (Wildman–Crippen MR) is 71.5 cm³/mol. The molecule has 1 aromatic carbocycles. The zero-order chi connectivity index (χ0) is 16.4. The molecule has 124 valence electrons. The van der Waals surface area contributed by atoms with Crippen LogP contribution in [0.15, 0.2) is 29.2 Å². The smallest absolute Gasteiger partial charge is 0.314 e. The highest BCUT2D eigenvalue weighted by molar-refractivity contribution is 8.00. The van der Waals surface area contributed by atoms with E-state index < -0.39 is 17.7 Å². The lowest BCUT2D eigenvalue weighted by Gasteiger charge is -2.37. The molecule has 1 aromatic rings. The van der Waals surface area contributed by atoms with Gasteiger partial charge in [0.15, 0.2) is 0 Å². The van der Waals surface area contributed by atoms with E-state index in [-0.39, 0.29) is 36.3 Å². The Bertz CT molecular complexity index is 485. The number of hydrogen-bond donors (Lipinski definition) is 1. The molecule has 1 aliphatic rings. The van der Waals surface area contributed by atoms with Crippen molar-refractivity contribution in [3.63, 3.8) is 0 Å². The molecule has 1 unspecified atom stereocenters. The highest BCUT2D eigenvalue weighted by Crippen LogP contribution is 2.36. The van der Waals surface area contributed by atoms with Crippen LogP contribution in [0, 0.1) is 0 Å². The molecule has 9 heteroatoms. The van der Waals surface area contributed by atoms with Crippen LogP contribution in [0.1, 0.15) is 5.56 Å². The number of alkyl halides is 6. The van der Waals surface area contributed by atoms with E-state index in [9.17, 15) is 26.3 Å². The maximum absolute atomic E-state index is 12.9. The number of thioether (sulfide) groups is 1. The fraction of sp³-hybridized carbons (Fsp3) is 0.538. The molecule has 0 amide bonds. The van der Waals surface area contributed by atoms with Gasteiger partial charge in [-0.3, -0.25) is 4.90 Å². The number of nitrogens with zero attached hydrogens (tertiary/aromatic N) is 1. The van der Waals surface area contributed by atoms with Gasteiger partial charge in [0.25, 0.3) is 0 Å². The van der Waals surface area contributed by atoms with E-state index in [1.54, 1.807) is 0 Å². The van der Waals surface area contributed by atoms with Crippen molar-refractivity contribution in [3.05, 3.63) is 29.8 Å². The third-order valence-corrected chi connectivity index (χ3v) is 4.01. The molecule has 1 saturated heterocycles. The van der Waals surface area contributed by atoms with Gasteiger partial charge in [0.1, 0.15) is 6.04 Å². The first-order chi connectivity index (χ1) is 10.1. The number of benzene rings is 1. The van der Waals surface area contributed by atoms with Gasteiger partial charge < -0.3 is 5.32 Å². The normalized spacial score (nSPS) is 21.1. The Labute approximate surface area is 127 Å². The van der Waals surface area contributed by atoms with Crippen LogP contribution in [-0.2, 0) is 6.54 Å². The van der Waals surface area contributed by atoms with E-state index >= 15 is 0 Å². The Balaban J connectivity index is 2.03. The highest BCUT2D eigenvalue weighted by Gasteiger charge is 2.44. The number of piperazine rings is 1. The van der Waals surface area contributed by atoms with Gasteiger partial charge in [0, 0.05) is 31.1 Å². The number of nitrogens with one attached hydrogen (secondary N) is 1. The van der Waals surface area contributed by atoms with Crippen molar-refractivity contribution in [1.82, 2.24) is 10.2 Å². The third kappa shape index (κ3) is 5.06. The van der Waals surface area contributed by atoms with Gasteiger partial charge in [-0.2, -0.15) is 26.3 Å². The van der Waals surface area contributed by atoms with Gasteiger partial charge in [-0.25, -0.2) is 0 Å². The lowest BCUT2D eigenvalue weighted by Crippen LogP contribution is -2.57. The summed E-state index contributed by atoms with van der Waals surface area (Å²) in [4.78, 5) is 1.31. The van der Waals surface area contributed by atoms with Crippen LogP contribution in [0.4, 0.5) is 26.3 Å². The molecule has 0 bridgehead atoms. The Morgan fingerprint density at radius 2 is 1.73 bits per heavy atom. The van der Waals surface area contributed by atoms with Gasteiger partial charge >= 0.3 is 11.7 Å². The van der Waals surface area contributed by atoms with Crippen LogP contribution in [-0.4, -0.2) is 42.3 Å². The van der Waals surface area contributed by atoms with E-state index in [1.165, 1.54) is 29.2 Å². The Morgan fingerprint density at radius 1 is 1.09 bits per heavy atom. The second-order valence-electron chi connectivity index (χ2n) is 4.92. The SMILES string of the molecule is FC(F)(F)Sc1ccc(CN2CCNCC2C(F)(F)F)cc1. The lowest BCUT2D eigenvalue weighted by molar-refractivity contribution is -0.188. The molecular weight excluding hydrogens is 330 g/mol. The molecule has 0 aliphatic carbocycles. The molecule has 0 aromatic heterocycles. The van der Waals surface area contributed by atoms with E-state index in [2.05, 4.69) is 5.32 Å². The molecule has 0 spiro atoms. The van der Waals surface area contributed by atoms with Gasteiger partial charge in [0.2, 0.25) is 0 Å². The highest BCUT2D eigenvalue weighted by atomic mass is 32.2. The maximum atomic E-state index is 12.9. The lowest BCUT2D eigenvalue weighted by atomic mass is 10.1. The quantitative estimate of drug-likeness (QED) is 0.666. The van der Waals surface area contributed by atoms with Crippen LogP contribution >= 0.6 is 11.8 Å². The van der Waals surface area contributed by atoms with Gasteiger partial charge in [-0.15, -0.1) is 0 Å². The molecule has 1 heterocycles. The molecule has 1 N–H and O–H groups in total. The van der Waals surface area contributed by atoms with Crippen LogP contribution in [0.2, 0.25) is 0 Å². The Kier molecular flexibility index (Phi) is 5.29. The second-order valence-corrected chi connectivity index (χ2v) is 6.06. The molecule has 22 heavy (non-hydrogen) atoms.